The Morgan fingerprint density at radius 1 is 0.682 bits per heavy atom. The standard InChI is InChI=1S/C18H34O4/c1-11-15(3,4)19-21-17(7,8)13-14-18(9,10)22-20-16(5,6)12-2/h11-12H2,1-10H3/i7D3. The fourth-order valence-electron chi connectivity index (χ4n) is 0.842. The van der Waals surface area contributed by atoms with Crippen molar-refractivity contribution < 1.29 is 23.7 Å². The molecule has 4 nitrogen and oxygen atoms in total. The lowest BCUT2D eigenvalue weighted by Crippen LogP contribution is -2.33. The van der Waals surface area contributed by atoms with Gasteiger partial charge in [-0.15, -0.1) is 0 Å². The Hall–Kier alpha value is -0.600. The minimum atomic E-state index is -2.50. The average molecular weight is 317 g/mol. The van der Waals surface area contributed by atoms with E-state index in [1.165, 1.54) is 6.92 Å². The van der Waals surface area contributed by atoms with E-state index in [1.807, 2.05) is 41.5 Å². The topological polar surface area (TPSA) is 36.9 Å². The fraction of sp³-hybridized carbons (Fsp3) is 0.889. The first kappa shape index (κ1) is 16.3. The maximum absolute atomic E-state index is 7.74. The molecule has 0 heterocycles. The van der Waals surface area contributed by atoms with Crippen molar-refractivity contribution in [3.8, 4) is 11.8 Å². The van der Waals surface area contributed by atoms with Crippen LogP contribution in [0.5, 0.6) is 0 Å². The zero-order valence-corrected chi connectivity index (χ0v) is 15.5. The van der Waals surface area contributed by atoms with Crippen LogP contribution in [-0.2, 0) is 19.6 Å². The van der Waals surface area contributed by atoms with Crippen LogP contribution in [0.25, 0.3) is 0 Å². The molecule has 0 rings (SSSR count). The van der Waals surface area contributed by atoms with Gasteiger partial charge in [-0.1, -0.05) is 25.7 Å². The summed E-state index contributed by atoms with van der Waals surface area (Å²) >= 11 is 0. The van der Waals surface area contributed by atoms with Crippen molar-refractivity contribution in [2.45, 2.75) is 104 Å². The fourth-order valence-corrected chi connectivity index (χ4v) is 0.842. The molecule has 130 valence electrons. The molecule has 0 aromatic heterocycles. The molecule has 0 aliphatic carbocycles. The van der Waals surface area contributed by atoms with E-state index in [9.17, 15) is 0 Å². The second-order valence-corrected chi connectivity index (χ2v) is 7.35. The van der Waals surface area contributed by atoms with Crippen LogP contribution < -0.4 is 0 Å². The van der Waals surface area contributed by atoms with Crippen molar-refractivity contribution in [1.29, 1.82) is 0 Å². The SMILES string of the molecule is [2H]C([2H])([2H])C(C)(C#CC(C)(C)OOC(C)(C)CC)OOC(C)(C)CC. The van der Waals surface area contributed by atoms with Gasteiger partial charge < -0.3 is 0 Å². The molecular weight excluding hydrogens is 280 g/mol. The van der Waals surface area contributed by atoms with Crippen LogP contribution in [-0.4, -0.2) is 22.4 Å². The second kappa shape index (κ2) is 7.79. The minimum absolute atomic E-state index is 0.461. The van der Waals surface area contributed by atoms with Crippen LogP contribution >= 0.6 is 0 Å². The first-order valence-electron chi connectivity index (χ1n) is 9.27. The summed E-state index contributed by atoms with van der Waals surface area (Å²) in [6.45, 7) is 13.6. The lowest BCUT2D eigenvalue weighted by molar-refractivity contribution is -0.391. The zero-order valence-electron chi connectivity index (χ0n) is 18.5. The molecule has 0 saturated carbocycles. The smallest absolute Gasteiger partial charge is 0.158 e. The van der Waals surface area contributed by atoms with Gasteiger partial charge in [-0.25, -0.2) is 19.6 Å². The molecule has 0 aromatic carbocycles. The summed E-state index contributed by atoms with van der Waals surface area (Å²) in [5.74, 6) is 5.46. The third-order valence-electron chi connectivity index (χ3n) is 3.21. The molecule has 0 bridgehead atoms. The molecule has 0 amide bonds. The first-order chi connectivity index (χ1) is 11.0. The van der Waals surface area contributed by atoms with Gasteiger partial charge in [-0.05, 0) is 68.2 Å². The summed E-state index contributed by atoms with van der Waals surface area (Å²) in [6, 6.07) is 0. The Morgan fingerprint density at radius 2 is 1.05 bits per heavy atom. The molecule has 1 atom stereocenters. The highest BCUT2D eigenvalue weighted by Gasteiger charge is 2.27. The van der Waals surface area contributed by atoms with E-state index in [1.54, 1.807) is 13.8 Å². The molecule has 4 heteroatoms. The van der Waals surface area contributed by atoms with Crippen LogP contribution in [0.15, 0.2) is 0 Å². The molecule has 1 unspecified atom stereocenters. The maximum Gasteiger partial charge on any atom is 0.158 e. The van der Waals surface area contributed by atoms with Gasteiger partial charge >= 0.3 is 0 Å². The van der Waals surface area contributed by atoms with Crippen LogP contribution in [0.1, 0.15) is 86.1 Å². The predicted octanol–water partition coefficient (Wildman–Crippen LogP) is 4.82. The largest absolute Gasteiger partial charge is 0.229 e. The van der Waals surface area contributed by atoms with Crippen molar-refractivity contribution >= 4 is 0 Å². The van der Waals surface area contributed by atoms with Gasteiger partial charge in [0.25, 0.3) is 0 Å². The predicted molar refractivity (Wildman–Crippen MR) is 89.0 cm³/mol. The Kier molecular flexibility index (Phi) is 5.76. The third kappa shape index (κ3) is 9.42. The summed E-state index contributed by atoms with van der Waals surface area (Å²) in [5, 5.41) is 0. The van der Waals surface area contributed by atoms with Gasteiger partial charge in [-0.2, -0.15) is 0 Å². The quantitative estimate of drug-likeness (QED) is 0.365. The van der Waals surface area contributed by atoms with Gasteiger partial charge in [0, 0.05) is 4.11 Å². The highest BCUT2D eigenvalue weighted by Crippen LogP contribution is 2.21. The summed E-state index contributed by atoms with van der Waals surface area (Å²) in [7, 11) is 0. The molecule has 0 spiro atoms. The molecule has 0 saturated heterocycles. The van der Waals surface area contributed by atoms with E-state index >= 15 is 0 Å². The highest BCUT2D eigenvalue weighted by molar-refractivity contribution is 5.17. The maximum atomic E-state index is 7.74. The van der Waals surface area contributed by atoms with Crippen LogP contribution in [0.3, 0.4) is 0 Å². The second-order valence-electron chi connectivity index (χ2n) is 7.35. The highest BCUT2D eigenvalue weighted by atomic mass is 17.2. The van der Waals surface area contributed by atoms with Crippen molar-refractivity contribution in [2.75, 3.05) is 0 Å². The Morgan fingerprint density at radius 3 is 1.41 bits per heavy atom. The molecule has 0 aliphatic heterocycles. The van der Waals surface area contributed by atoms with Crippen LogP contribution in [0, 0.1) is 11.8 Å². The molecule has 0 aliphatic rings. The van der Waals surface area contributed by atoms with E-state index in [4.69, 9.17) is 23.7 Å². The monoisotopic (exact) mass is 317 g/mol. The van der Waals surface area contributed by atoms with E-state index in [0.717, 1.165) is 6.42 Å². The van der Waals surface area contributed by atoms with E-state index < -0.39 is 29.3 Å². The van der Waals surface area contributed by atoms with Gasteiger partial charge in [0.05, 0.1) is 11.2 Å². The van der Waals surface area contributed by atoms with Gasteiger partial charge in [-0.3, -0.25) is 0 Å². The van der Waals surface area contributed by atoms with Crippen LogP contribution in [0.4, 0.5) is 0 Å². The summed E-state index contributed by atoms with van der Waals surface area (Å²) < 4.78 is 23.2. The lowest BCUT2D eigenvalue weighted by atomic mass is 10.1. The van der Waals surface area contributed by atoms with E-state index in [2.05, 4.69) is 11.8 Å². The summed E-state index contributed by atoms with van der Waals surface area (Å²) in [4.78, 5) is 21.4. The lowest BCUT2D eigenvalue weighted by Gasteiger charge is -2.28. The van der Waals surface area contributed by atoms with Crippen molar-refractivity contribution in [3.63, 3.8) is 0 Å². The van der Waals surface area contributed by atoms with Crippen LogP contribution in [0.2, 0.25) is 0 Å². The molecule has 0 N–H and O–H groups in total. The molecule has 0 fully saturated rings. The molecule has 22 heavy (non-hydrogen) atoms. The van der Waals surface area contributed by atoms with Crippen molar-refractivity contribution in [2.24, 2.45) is 0 Å². The van der Waals surface area contributed by atoms with Gasteiger partial charge in [0.2, 0.25) is 0 Å². The Labute approximate surface area is 140 Å². The molecule has 0 aromatic rings. The summed E-state index contributed by atoms with van der Waals surface area (Å²) in [6.07, 6.45) is 1.42. The molecule has 0 radical (unpaired) electrons. The molecular formula is C18H34O4. The first-order valence-corrected chi connectivity index (χ1v) is 7.77. The summed E-state index contributed by atoms with van der Waals surface area (Å²) in [5.41, 5.74) is -3.88. The third-order valence-corrected chi connectivity index (χ3v) is 3.21. The number of hydrogen-bond acceptors (Lipinski definition) is 4. The minimum Gasteiger partial charge on any atom is -0.229 e. The van der Waals surface area contributed by atoms with Crippen molar-refractivity contribution in [3.05, 3.63) is 0 Å². The van der Waals surface area contributed by atoms with E-state index in [-0.39, 0.29) is 0 Å². The normalized spacial score (nSPS) is 18.5. The zero-order chi connectivity index (χ0) is 20.2. The van der Waals surface area contributed by atoms with Gasteiger partial charge in [0.15, 0.2) is 11.2 Å². The number of hydrogen-bond donors (Lipinski definition) is 0. The van der Waals surface area contributed by atoms with Crippen molar-refractivity contribution in [1.82, 2.24) is 0 Å². The Balaban J connectivity index is 5.31. The van der Waals surface area contributed by atoms with Gasteiger partial charge in [0.1, 0.15) is 0 Å². The number of rotatable bonds is 8. The average Bonchev–Trinajstić information content (AvgIpc) is 2.48. The van der Waals surface area contributed by atoms with E-state index in [0.29, 0.717) is 6.42 Å². The Bertz CT molecular complexity index is 487.